The number of carbonyl (C=O) groups is 1. The third-order valence-electron chi connectivity index (χ3n) is 6.81. The minimum Gasteiger partial charge on any atom is -0.497 e. The first-order valence-corrected chi connectivity index (χ1v) is 13.2. The highest BCUT2D eigenvalue weighted by molar-refractivity contribution is 7.89. The Balaban J connectivity index is 1.22. The molecule has 2 aromatic carbocycles. The van der Waals surface area contributed by atoms with E-state index in [4.69, 9.17) is 4.74 Å². The number of nitrogens with zero attached hydrogens (tertiary/aromatic N) is 3. The minimum absolute atomic E-state index is 0.0874. The Labute approximate surface area is 201 Å². The Morgan fingerprint density at radius 3 is 2.15 bits per heavy atom. The van der Waals surface area contributed by atoms with Crippen LogP contribution in [0.3, 0.4) is 0 Å². The Morgan fingerprint density at radius 2 is 1.56 bits per heavy atom. The van der Waals surface area contributed by atoms with E-state index in [2.05, 4.69) is 17.0 Å². The van der Waals surface area contributed by atoms with Gasteiger partial charge in [0.1, 0.15) is 11.6 Å². The van der Waals surface area contributed by atoms with Gasteiger partial charge in [0, 0.05) is 51.7 Å². The summed E-state index contributed by atoms with van der Waals surface area (Å²) in [6, 6.07) is 13.0. The average Bonchev–Trinajstić information content (AvgIpc) is 2.88. The summed E-state index contributed by atoms with van der Waals surface area (Å²) in [5.74, 6) is 0.373. The lowest BCUT2D eigenvalue weighted by molar-refractivity contribution is -0.138. The van der Waals surface area contributed by atoms with Crippen LogP contribution in [0, 0.1) is 11.7 Å². The lowest BCUT2D eigenvalue weighted by Gasteiger charge is -2.38. The van der Waals surface area contributed by atoms with Crippen molar-refractivity contribution in [1.82, 2.24) is 14.1 Å². The number of carbonyl (C=O) groups excluding carboxylic acids is 1. The van der Waals surface area contributed by atoms with Gasteiger partial charge >= 0.3 is 0 Å². The standard InChI is InChI=1S/C25H32FN3O4S/c1-33-23-6-2-20(3-7-23)10-13-27-16-18-28(19-17-27)25(30)21-11-14-29(15-12-21)34(31,32)24-8-4-22(26)5-9-24/h2-9,21H,10-19H2,1H3. The zero-order valence-corrected chi connectivity index (χ0v) is 20.3. The molecule has 0 aromatic heterocycles. The number of rotatable bonds is 7. The highest BCUT2D eigenvalue weighted by atomic mass is 32.2. The van der Waals surface area contributed by atoms with E-state index >= 15 is 0 Å². The molecule has 1 amide bonds. The molecule has 0 unspecified atom stereocenters. The van der Waals surface area contributed by atoms with Gasteiger partial charge in [0.05, 0.1) is 12.0 Å². The normalized spacial score (nSPS) is 18.7. The number of hydrogen-bond donors (Lipinski definition) is 0. The van der Waals surface area contributed by atoms with Gasteiger partial charge in [-0.25, -0.2) is 12.8 Å². The molecule has 184 valence electrons. The zero-order chi connectivity index (χ0) is 24.1. The van der Waals surface area contributed by atoms with Gasteiger partial charge in [-0.1, -0.05) is 12.1 Å². The van der Waals surface area contributed by atoms with Gasteiger partial charge < -0.3 is 9.64 Å². The van der Waals surface area contributed by atoms with Gasteiger partial charge in [-0.05, 0) is 61.2 Å². The van der Waals surface area contributed by atoms with Crippen molar-refractivity contribution in [2.75, 3.05) is 52.9 Å². The van der Waals surface area contributed by atoms with Crippen LogP contribution in [0.2, 0.25) is 0 Å². The summed E-state index contributed by atoms with van der Waals surface area (Å²) in [5.41, 5.74) is 1.27. The van der Waals surface area contributed by atoms with Crippen LogP contribution in [-0.4, -0.2) is 81.4 Å². The van der Waals surface area contributed by atoms with Crippen LogP contribution < -0.4 is 4.74 Å². The molecule has 0 spiro atoms. The quantitative estimate of drug-likeness (QED) is 0.598. The molecule has 0 N–H and O–H groups in total. The molecule has 9 heteroatoms. The maximum Gasteiger partial charge on any atom is 0.243 e. The lowest BCUT2D eigenvalue weighted by atomic mass is 9.96. The maximum atomic E-state index is 13.1. The second-order valence-corrected chi connectivity index (χ2v) is 10.8. The molecule has 7 nitrogen and oxygen atoms in total. The second-order valence-electron chi connectivity index (χ2n) is 8.90. The van der Waals surface area contributed by atoms with E-state index in [1.54, 1.807) is 7.11 Å². The van der Waals surface area contributed by atoms with Crippen LogP contribution in [0.5, 0.6) is 5.75 Å². The van der Waals surface area contributed by atoms with E-state index in [9.17, 15) is 17.6 Å². The molecule has 2 heterocycles. The topological polar surface area (TPSA) is 70.2 Å². The van der Waals surface area contributed by atoms with Crippen molar-refractivity contribution in [3.63, 3.8) is 0 Å². The Bertz CT molecular complexity index is 1060. The first-order chi connectivity index (χ1) is 16.4. The largest absolute Gasteiger partial charge is 0.497 e. The minimum atomic E-state index is -3.67. The predicted molar refractivity (Wildman–Crippen MR) is 128 cm³/mol. The summed E-state index contributed by atoms with van der Waals surface area (Å²) < 4.78 is 45.4. The Kier molecular flexibility index (Phi) is 7.85. The fourth-order valence-electron chi connectivity index (χ4n) is 4.63. The van der Waals surface area contributed by atoms with Gasteiger partial charge in [0.25, 0.3) is 0 Å². The lowest BCUT2D eigenvalue weighted by Crippen LogP contribution is -2.52. The molecule has 2 aliphatic heterocycles. The Hall–Kier alpha value is -2.49. The molecule has 0 aliphatic carbocycles. The molecule has 2 fully saturated rings. The van der Waals surface area contributed by atoms with Crippen molar-refractivity contribution in [2.24, 2.45) is 5.92 Å². The van der Waals surface area contributed by atoms with Gasteiger partial charge in [-0.3, -0.25) is 9.69 Å². The summed E-state index contributed by atoms with van der Waals surface area (Å²) in [7, 11) is -2.00. The molecular weight excluding hydrogens is 457 g/mol. The summed E-state index contributed by atoms with van der Waals surface area (Å²) in [6.45, 7) is 4.66. The van der Waals surface area contributed by atoms with Gasteiger partial charge in [0.2, 0.25) is 15.9 Å². The fraction of sp³-hybridized carbons (Fsp3) is 0.480. The average molecular weight is 490 g/mol. The first-order valence-electron chi connectivity index (χ1n) is 11.8. The molecule has 0 saturated carbocycles. The van der Waals surface area contributed by atoms with E-state index < -0.39 is 15.8 Å². The molecule has 0 bridgehead atoms. The van der Waals surface area contributed by atoms with E-state index in [0.29, 0.717) is 39.0 Å². The van der Waals surface area contributed by atoms with Crippen LogP contribution in [-0.2, 0) is 21.2 Å². The van der Waals surface area contributed by atoms with Crippen molar-refractivity contribution in [3.8, 4) is 5.75 Å². The molecule has 2 aliphatic rings. The van der Waals surface area contributed by atoms with Crippen molar-refractivity contribution in [1.29, 1.82) is 0 Å². The summed E-state index contributed by atoms with van der Waals surface area (Å²) in [4.78, 5) is 17.4. The van der Waals surface area contributed by atoms with Crippen molar-refractivity contribution >= 4 is 15.9 Å². The van der Waals surface area contributed by atoms with Crippen molar-refractivity contribution < 1.29 is 22.3 Å². The number of hydrogen-bond acceptors (Lipinski definition) is 5. The molecule has 2 aromatic rings. The fourth-order valence-corrected chi connectivity index (χ4v) is 6.10. The maximum absolute atomic E-state index is 13.1. The second kappa shape index (κ2) is 10.8. The first kappa shape index (κ1) is 24.6. The van der Waals surface area contributed by atoms with E-state index in [1.165, 1.54) is 22.0 Å². The van der Waals surface area contributed by atoms with Gasteiger partial charge in [0.15, 0.2) is 0 Å². The molecule has 0 atom stereocenters. The summed E-state index contributed by atoms with van der Waals surface area (Å²) in [6.07, 6.45) is 1.98. The monoisotopic (exact) mass is 489 g/mol. The molecule has 0 radical (unpaired) electrons. The SMILES string of the molecule is COc1ccc(CCN2CCN(C(=O)C3CCN(S(=O)(=O)c4ccc(F)cc4)CC3)CC2)cc1. The number of amides is 1. The number of ether oxygens (including phenoxy) is 1. The highest BCUT2D eigenvalue weighted by Gasteiger charge is 2.34. The van der Waals surface area contributed by atoms with Crippen LogP contribution in [0.25, 0.3) is 0 Å². The van der Waals surface area contributed by atoms with Crippen LogP contribution in [0.15, 0.2) is 53.4 Å². The molecule has 2 saturated heterocycles. The van der Waals surface area contributed by atoms with Crippen molar-refractivity contribution in [2.45, 2.75) is 24.2 Å². The number of halogens is 1. The van der Waals surface area contributed by atoms with Crippen LogP contribution >= 0.6 is 0 Å². The van der Waals surface area contributed by atoms with Crippen LogP contribution in [0.4, 0.5) is 4.39 Å². The third-order valence-corrected chi connectivity index (χ3v) is 8.73. The highest BCUT2D eigenvalue weighted by Crippen LogP contribution is 2.26. The number of sulfonamides is 1. The summed E-state index contributed by atoms with van der Waals surface area (Å²) >= 11 is 0. The van der Waals surface area contributed by atoms with Crippen molar-refractivity contribution in [3.05, 3.63) is 59.9 Å². The van der Waals surface area contributed by atoms with Gasteiger partial charge in [-0.2, -0.15) is 4.31 Å². The Morgan fingerprint density at radius 1 is 0.941 bits per heavy atom. The molecule has 34 heavy (non-hydrogen) atoms. The third kappa shape index (κ3) is 5.76. The van der Waals surface area contributed by atoms with E-state index in [-0.39, 0.29) is 16.7 Å². The predicted octanol–water partition coefficient (Wildman–Crippen LogP) is 2.62. The molecular formula is C25H32FN3O4S. The summed E-state index contributed by atoms with van der Waals surface area (Å²) in [5, 5.41) is 0. The van der Waals surface area contributed by atoms with E-state index in [1.807, 2.05) is 17.0 Å². The number of piperazine rings is 1. The van der Waals surface area contributed by atoms with Gasteiger partial charge in [-0.15, -0.1) is 0 Å². The van der Waals surface area contributed by atoms with Crippen LogP contribution in [0.1, 0.15) is 18.4 Å². The molecule has 4 rings (SSSR count). The van der Waals surface area contributed by atoms with E-state index in [0.717, 1.165) is 43.9 Å². The number of benzene rings is 2. The number of piperidine rings is 1. The number of methoxy groups -OCH3 is 1. The zero-order valence-electron chi connectivity index (χ0n) is 19.5. The smallest absolute Gasteiger partial charge is 0.243 e.